The van der Waals surface area contributed by atoms with Crippen LogP contribution in [0.4, 0.5) is 5.82 Å². The lowest BCUT2D eigenvalue weighted by Gasteiger charge is -2.05. The summed E-state index contributed by atoms with van der Waals surface area (Å²) in [4.78, 5) is 4.16. The van der Waals surface area contributed by atoms with Crippen LogP contribution in [0.1, 0.15) is 5.56 Å². The molecule has 2 rings (SSSR count). The summed E-state index contributed by atoms with van der Waals surface area (Å²) < 4.78 is 0.896. The topological polar surface area (TPSA) is 62.7 Å². The summed E-state index contributed by atoms with van der Waals surface area (Å²) in [5, 5.41) is 9.35. The Balaban J connectivity index is 2.54. The third-order valence-corrected chi connectivity index (χ3v) is 3.06. The van der Waals surface area contributed by atoms with Crippen LogP contribution in [-0.2, 0) is 0 Å². The van der Waals surface area contributed by atoms with Gasteiger partial charge < -0.3 is 5.73 Å². The van der Waals surface area contributed by atoms with Crippen molar-refractivity contribution in [1.29, 1.82) is 5.26 Å². The Kier molecular flexibility index (Phi) is 3.32. The monoisotopic (exact) mass is 307 g/mol. The minimum absolute atomic E-state index is 0.212. The quantitative estimate of drug-likeness (QED) is 0.875. The van der Waals surface area contributed by atoms with Gasteiger partial charge in [0.25, 0.3) is 0 Å². The molecule has 17 heavy (non-hydrogen) atoms. The summed E-state index contributed by atoms with van der Waals surface area (Å²) >= 11 is 9.45. The molecule has 0 atom stereocenters. The number of anilines is 1. The number of hydrogen-bond acceptors (Lipinski definition) is 3. The predicted molar refractivity (Wildman–Crippen MR) is 71.5 cm³/mol. The first-order chi connectivity index (χ1) is 8.11. The number of nitriles is 1. The Morgan fingerprint density at radius 3 is 2.65 bits per heavy atom. The first-order valence-corrected chi connectivity index (χ1v) is 5.91. The lowest BCUT2D eigenvalue weighted by atomic mass is 10.1. The zero-order valence-electron chi connectivity index (χ0n) is 8.61. The molecule has 0 saturated carbocycles. The molecule has 84 valence electrons. The van der Waals surface area contributed by atoms with E-state index in [-0.39, 0.29) is 5.82 Å². The number of halogens is 2. The van der Waals surface area contributed by atoms with Crippen molar-refractivity contribution in [1.82, 2.24) is 4.98 Å². The summed E-state index contributed by atoms with van der Waals surface area (Å²) in [6.45, 7) is 0. The molecular formula is C12H7BrClN3. The molecule has 1 heterocycles. The molecule has 0 aliphatic rings. The Labute approximate surface area is 112 Å². The summed E-state index contributed by atoms with van der Waals surface area (Å²) in [6, 6.07) is 10.8. The molecule has 0 aliphatic carbocycles. The molecule has 1 aromatic carbocycles. The Bertz CT molecular complexity index is 620. The van der Waals surface area contributed by atoms with E-state index in [0.717, 1.165) is 10.0 Å². The van der Waals surface area contributed by atoms with Crippen LogP contribution >= 0.6 is 27.5 Å². The molecule has 0 aliphatic heterocycles. The van der Waals surface area contributed by atoms with Crippen molar-refractivity contribution in [3.63, 3.8) is 0 Å². The Morgan fingerprint density at radius 2 is 2.06 bits per heavy atom. The second-order valence-corrected chi connectivity index (χ2v) is 4.69. The van der Waals surface area contributed by atoms with Crippen LogP contribution in [0.5, 0.6) is 0 Å². The van der Waals surface area contributed by atoms with Gasteiger partial charge in [-0.15, -0.1) is 0 Å². The van der Waals surface area contributed by atoms with Gasteiger partial charge in [-0.3, -0.25) is 0 Å². The number of aromatic nitrogens is 1. The van der Waals surface area contributed by atoms with E-state index in [1.54, 1.807) is 18.2 Å². The normalized spacial score (nSPS) is 9.94. The highest BCUT2D eigenvalue weighted by Gasteiger charge is 2.07. The number of rotatable bonds is 1. The van der Waals surface area contributed by atoms with Gasteiger partial charge in [-0.1, -0.05) is 33.6 Å². The third kappa shape index (κ3) is 2.41. The molecule has 2 aromatic rings. The van der Waals surface area contributed by atoms with Gasteiger partial charge in [0.05, 0.1) is 16.3 Å². The van der Waals surface area contributed by atoms with Crippen molar-refractivity contribution < 1.29 is 0 Å². The van der Waals surface area contributed by atoms with Gasteiger partial charge in [0.2, 0.25) is 0 Å². The van der Waals surface area contributed by atoms with Crippen LogP contribution in [0.25, 0.3) is 11.3 Å². The van der Waals surface area contributed by atoms with Gasteiger partial charge in [-0.05, 0) is 24.3 Å². The number of benzene rings is 1. The summed E-state index contributed by atoms with van der Waals surface area (Å²) in [7, 11) is 0. The fraction of sp³-hybridized carbons (Fsp3) is 0. The SMILES string of the molecule is N#Cc1ccc(-c2ccc(Br)cc2Cl)nc1N. The van der Waals surface area contributed by atoms with Crippen molar-refractivity contribution >= 4 is 33.3 Å². The Morgan fingerprint density at radius 1 is 1.29 bits per heavy atom. The average molecular weight is 309 g/mol. The highest BCUT2D eigenvalue weighted by molar-refractivity contribution is 9.10. The second kappa shape index (κ2) is 4.74. The van der Waals surface area contributed by atoms with Crippen molar-refractivity contribution in [3.8, 4) is 17.3 Å². The van der Waals surface area contributed by atoms with Gasteiger partial charge >= 0.3 is 0 Å². The molecule has 5 heteroatoms. The summed E-state index contributed by atoms with van der Waals surface area (Å²) in [5.41, 5.74) is 7.46. The molecule has 3 nitrogen and oxygen atoms in total. The van der Waals surface area contributed by atoms with Crippen molar-refractivity contribution in [3.05, 3.63) is 45.4 Å². The van der Waals surface area contributed by atoms with Gasteiger partial charge in [-0.25, -0.2) is 4.98 Å². The van der Waals surface area contributed by atoms with E-state index >= 15 is 0 Å². The van der Waals surface area contributed by atoms with E-state index in [2.05, 4.69) is 20.9 Å². The number of pyridine rings is 1. The van der Waals surface area contributed by atoms with E-state index < -0.39 is 0 Å². The standard InChI is InChI=1S/C12H7BrClN3/c13-8-2-3-9(10(14)5-8)11-4-1-7(6-15)12(16)17-11/h1-5H,(H2,16,17). The molecule has 0 bridgehead atoms. The fourth-order valence-electron chi connectivity index (χ4n) is 1.42. The van der Waals surface area contributed by atoms with Crippen molar-refractivity contribution in [2.24, 2.45) is 0 Å². The van der Waals surface area contributed by atoms with E-state index in [9.17, 15) is 0 Å². The maximum Gasteiger partial charge on any atom is 0.142 e. The zero-order valence-corrected chi connectivity index (χ0v) is 11.0. The first kappa shape index (κ1) is 11.9. The van der Waals surface area contributed by atoms with Crippen LogP contribution in [0.2, 0.25) is 5.02 Å². The van der Waals surface area contributed by atoms with Gasteiger partial charge in [0.15, 0.2) is 0 Å². The van der Waals surface area contributed by atoms with Crippen molar-refractivity contribution in [2.45, 2.75) is 0 Å². The number of hydrogen-bond donors (Lipinski definition) is 1. The second-order valence-electron chi connectivity index (χ2n) is 3.37. The van der Waals surface area contributed by atoms with E-state index in [0.29, 0.717) is 16.3 Å². The lowest BCUT2D eigenvalue weighted by Crippen LogP contribution is -1.96. The number of nitrogens with zero attached hydrogens (tertiary/aromatic N) is 2. The lowest BCUT2D eigenvalue weighted by molar-refractivity contribution is 1.31. The summed E-state index contributed by atoms with van der Waals surface area (Å²) in [5.74, 6) is 0.212. The molecule has 0 saturated heterocycles. The third-order valence-electron chi connectivity index (χ3n) is 2.25. The average Bonchev–Trinajstić information content (AvgIpc) is 2.29. The molecule has 1 aromatic heterocycles. The molecule has 0 spiro atoms. The number of nitrogen functional groups attached to an aromatic ring is 1. The van der Waals surface area contributed by atoms with E-state index in [1.807, 2.05) is 18.2 Å². The maximum absolute atomic E-state index is 8.77. The smallest absolute Gasteiger partial charge is 0.142 e. The minimum Gasteiger partial charge on any atom is -0.383 e. The molecule has 0 unspecified atom stereocenters. The van der Waals surface area contributed by atoms with Crippen LogP contribution in [0.15, 0.2) is 34.8 Å². The highest BCUT2D eigenvalue weighted by Crippen LogP contribution is 2.30. The number of nitrogens with two attached hydrogens (primary N) is 1. The molecule has 2 N–H and O–H groups in total. The largest absolute Gasteiger partial charge is 0.383 e. The van der Waals surface area contributed by atoms with Crippen LogP contribution < -0.4 is 5.73 Å². The van der Waals surface area contributed by atoms with Crippen molar-refractivity contribution in [2.75, 3.05) is 5.73 Å². The highest BCUT2D eigenvalue weighted by atomic mass is 79.9. The molecule has 0 radical (unpaired) electrons. The fourth-order valence-corrected chi connectivity index (χ4v) is 2.19. The van der Waals surface area contributed by atoms with Gasteiger partial charge in [0, 0.05) is 10.0 Å². The van der Waals surface area contributed by atoms with Crippen LogP contribution in [0, 0.1) is 11.3 Å². The molecule has 0 fully saturated rings. The van der Waals surface area contributed by atoms with E-state index in [4.69, 9.17) is 22.6 Å². The van der Waals surface area contributed by atoms with E-state index in [1.165, 1.54) is 0 Å². The van der Waals surface area contributed by atoms with Gasteiger partial charge in [-0.2, -0.15) is 5.26 Å². The zero-order chi connectivity index (χ0) is 12.4. The maximum atomic E-state index is 8.77. The van der Waals surface area contributed by atoms with Gasteiger partial charge in [0.1, 0.15) is 11.9 Å². The molecule has 0 amide bonds. The van der Waals surface area contributed by atoms with Crippen LogP contribution in [0.3, 0.4) is 0 Å². The summed E-state index contributed by atoms with van der Waals surface area (Å²) in [6.07, 6.45) is 0. The first-order valence-electron chi connectivity index (χ1n) is 4.74. The Hall–Kier alpha value is -1.57. The molecular weight excluding hydrogens is 302 g/mol. The van der Waals surface area contributed by atoms with Crippen LogP contribution in [-0.4, -0.2) is 4.98 Å². The predicted octanol–water partition coefficient (Wildman–Crippen LogP) is 3.62. The minimum atomic E-state index is 0.212.